The minimum atomic E-state index is -1.63. The van der Waals surface area contributed by atoms with Crippen LogP contribution < -0.4 is 11.1 Å². The topological polar surface area (TPSA) is 176 Å². The maximum absolute atomic E-state index is 10.9. The van der Waals surface area contributed by atoms with E-state index in [4.69, 9.17) is 21.1 Å². The molecule has 0 saturated carbocycles. The molecule has 1 unspecified atom stereocenters. The van der Waals surface area contributed by atoms with Crippen LogP contribution in [0.1, 0.15) is 32.6 Å². The van der Waals surface area contributed by atoms with E-state index >= 15 is 0 Å². The third-order valence-corrected chi connectivity index (χ3v) is 2.09. The van der Waals surface area contributed by atoms with Gasteiger partial charge in [-0.1, -0.05) is 13.3 Å². The summed E-state index contributed by atoms with van der Waals surface area (Å²) in [6.45, 7) is 2.26. The number of nitrogens with two attached hydrogens (primary N) is 1. The molecule has 0 saturated heterocycles. The van der Waals surface area contributed by atoms with Gasteiger partial charge in [-0.05, 0) is 13.0 Å². The summed E-state index contributed by atoms with van der Waals surface area (Å²) in [5.41, 5.74) is 5.14. The molecule has 1 atom stereocenters. The van der Waals surface area contributed by atoms with Gasteiger partial charge >= 0.3 is 24.0 Å². The monoisotopic (exact) mass is 322 g/mol. The molecule has 0 aromatic rings. The second kappa shape index (κ2) is 13.6. The zero-order valence-electron chi connectivity index (χ0n) is 12.3. The maximum atomic E-state index is 10.9. The first kappa shape index (κ1) is 21.9. The van der Waals surface area contributed by atoms with E-state index in [1.807, 2.05) is 0 Å². The lowest BCUT2D eigenvalue weighted by molar-refractivity contribution is -0.148. The molecule has 10 nitrogen and oxygen atoms in total. The van der Waals surface area contributed by atoms with Crippen LogP contribution in [0.25, 0.3) is 0 Å². The molecule has 0 spiro atoms. The number of unbranched alkanes of at least 4 members (excludes halogenated alkanes) is 1. The summed E-state index contributed by atoms with van der Waals surface area (Å²) >= 11 is 0. The highest BCUT2D eigenvalue weighted by Crippen LogP contribution is 2.03. The van der Waals surface area contributed by atoms with E-state index in [1.54, 1.807) is 5.32 Å². The second-order valence-corrected chi connectivity index (χ2v) is 4.05. The summed E-state index contributed by atoms with van der Waals surface area (Å²) < 4.78 is 4.34. The number of alkyl carbamates (subject to hydrolysis) is 1. The van der Waals surface area contributed by atoms with Crippen LogP contribution in [0.2, 0.25) is 0 Å². The Hall–Kier alpha value is -2.36. The Morgan fingerprint density at radius 3 is 2.05 bits per heavy atom. The fraction of sp³-hybridized carbons (Fsp3) is 0.667. The fourth-order valence-electron chi connectivity index (χ4n) is 1.01. The zero-order valence-corrected chi connectivity index (χ0v) is 12.3. The third-order valence-electron chi connectivity index (χ3n) is 2.09. The van der Waals surface area contributed by atoms with Crippen LogP contribution in [0, 0.1) is 0 Å². The number of nitrogens with one attached hydrogen (secondary N) is 1. The fourth-order valence-corrected chi connectivity index (χ4v) is 1.01. The number of carbonyl (C=O) groups excluding carboxylic acids is 1. The van der Waals surface area contributed by atoms with Gasteiger partial charge in [0.25, 0.3) is 0 Å². The van der Waals surface area contributed by atoms with Crippen LogP contribution in [-0.4, -0.2) is 58.5 Å². The number of hydrogen-bond donors (Lipinski definition) is 5. The van der Waals surface area contributed by atoms with E-state index in [0.717, 1.165) is 6.54 Å². The highest BCUT2D eigenvalue weighted by atomic mass is 16.6. The van der Waals surface area contributed by atoms with Gasteiger partial charge in [0.05, 0.1) is 0 Å². The van der Waals surface area contributed by atoms with E-state index < -0.39 is 49.5 Å². The van der Waals surface area contributed by atoms with Crippen molar-refractivity contribution in [2.75, 3.05) is 13.1 Å². The zero-order chi connectivity index (χ0) is 17.5. The van der Waals surface area contributed by atoms with Gasteiger partial charge in [-0.25, -0.2) is 9.59 Å². The number of carboxylic acid groups (broad SMARTS) is 3. The Morgan fingerprint density at radius 1 is 1.14 bits per heavy atom. The van der Waals surface area contributed by atoms with Crippen molar-refractivity contribution in [2.45, 2.75) is 38.7 Å². The Morgan fingerprint density at radius 2 is 1.73 bits per heavy atom. The molecule has 0 fully saturated rings. The average Bonchev–Trinajstić information content (AvgIpc) is 2.42. The molecule has 0 aromatic carbocycles. The minimum absolute atomic E-state index is 0.398. The smallest absolute Gasteiger partial charge is 0.408 e. The Bertz CT molecular complexity index is 370. The molecular formula is C12H22N2O8. The van der Waals surface area contributed by atoms with Gasteiger partial charge in [0.1, 0.15) is 6.54 Å². The van der Waals surface area contributed by atoms with Crippen molar-refractivity contribution >= 4 is 24.0 Å². The lowest BCUT2D eigenvalue weighted by Gasteiger charge is -2.12. The molecule has 0 rings (SSSR count). The van der Waals surface area contributed by atoms with Gasteiger partial charge in [-0.15, -0.1) is 0 Å². The van der Waals surface area contributed by atoms with Crippen LogP contribution in [-0.2, 0) is 19.1 Å². The highest BCUT2D eigenvalue weighted by molar-refractivity contribution is 5.80. The van der Waals surface area contributed by atoms with Gasteiger partial charge in [-0.3, -0.25) is 9.59 Å². The third kappa shape index (κ3) is 15.7. The van der Waals surface area contributed by atoms with E-state index in [1.165, 1.54) is 12.8 Å². The molecule has 22 heavy (non-hydrogen) atoms. The second-order valence-electron chi connectivity index (χ2n) is 4.05. The number of hydrogen-bond acceptors (Lipinski definition) is 6. The van der Waals surface area contributed by atoms with Gasteiger partial charge < -0.3 is 31.1 Å². The van der Waals surface area contributed by atoms with Gasteiger partial charge in [-0.2, -0.15) is 0 Å². The van der Waals surface area contributed by atoms with E-state index in [2.05, 4.69) is 11.7 Å². The standard InChI is InChI=1S/C8H11NO8.C4H11N/c10-5(11)2-1-4(7(14)15)17-8(16)9-3-6(12)13;1-2-3-4-5/h4H,1-3H2,(H,9,16)(H,10,11)(H,12,13)(H,14,15);2-5H2,1H3. The van der Waals surface area contributed by atoms with Crippen molar-refractivity contribution in [3.8, 4) is 0 Å². The van der Waals surface area contributed by atoms with Gasteiger partial charge in [0.2, 0.25) is 6.10 Å². The molecule has 0 aromatic heterocycles. The summed E-state index contributed by atoms with van der Waals surface area (Å²) in [7, 11) is 0. The molecular weight excluding hydrogens is 300 g/mol. The first-order valence-corrected chi connectivity index (χ1v) is 6.55. The number of amides is 1. The molecule has 10 heteroatoms. The molecule has 128 valence electrons. The molecule has 0 bridgehead atoms. The lowest BCUT2D eigenvalue weighted by atomic mass is 10.2. The average molecular weight is 322 g/mol. The molecule has 0 aliphatic rings. The normalized spacial score (nSPS) is 10.6. The molecule has 1 amide bonds. The summed E-state index contributed by atoms with van der Waals surface area (Å²) in [6, 6.07) is 0. The predicted octanol–water partition coefficient (Wildman–Crippen LogP) is -0.140. The maximum Gasteiger partial charge on any atom is 0.408 e. The lowest BCUT2D eigenvalue weighted by Crippen LogP contribution is -2.36. The number of rotatable bonds is 9. The van der Waals surface area contributed by atoms with Crippen molar-refractivity contribution < 1.29 is 39.2 Å². The number of carbonyl (C=O) groups is 4. The van der Waals surface area contributed by atoms with Crippen LogP contribution >= 0.6 is 0 Å². The van der Waals surface area contributed by atoms with Crippen LogP contribution in [0.15, 0.2) is 0 Å². The summed E-state index contributed by atoms with van der Waals surface area (Å²) in [4.78, 5) is 41.7. The van der Waals surface area contributed by atoms with Crippen LogP contribution in [0.3, 0.4) is 0 Å². The largest absolute Gasteiger partial charge is 0.481 e. The number of ether oxygens (including phenoxy) is 1. The van der Waals surface area contributed by atoms with E-state index in [9.17, 15) is 19.2 Å². The molecule has 0 aliphatic heterocycles. The summed E-state index contributed by atoms with van der Waals surface area (Å²) in [5, 5.41) is 26.9. The predicted molar refractivity (Wildman–Crippen MR) is 74.4 cm³/mol. The first-order valence-electron chi connectivity index (χ1n) is 6.55. The van der Waals surface area contributed by atoms with Crippen molar-refractivity contribution in [1.82, 2.24) is 5.32 Å². The Kier molecular flexibility index (Phi) is 13.6. The van der Waals surface area contributed by atoms with Gasteiger partial charge in [0, 0.05) is 12.8 Å². The van der Waals surface area contributed by atoms with Gasteiger partial charge in [0.15, 0.2) is 0 Å². The van der Waals surface area contributed by atoms with Crippen LogP contribution in [0.5, 0.6) is 0 Å². The molecule has 0 radical (unpaired) electrons. The molecule has 0 heterocycles. The van der Waals surface area contributed by atoms with Crippen molar-refractivity contribution in [3.05, 3.63) is 0 Å². The van der Waals surface area contributed by atoms with Crippen LogP contribution in [0.4, 0.5) is 4.79 Å². The van der Waals surface area contributed by atoms with E-state index in [-0.39, 0.29) is 0 Å². The SMILES string of the molecule is CCCCN.O=C(O)CCC(OC(=O)NCC(=O)O)C(=O)O. The minimum Gasteiger partial charge on any atom is -0.481 e. The van der Waals surface area contributed by atoms with Crippen molar-refractivity contribution in [2.24, 2.45) is 5.73 Å². The Labute approximate surface area is 127 Å². The summed E-state index contributed by atoms with van der Waals surface area (Å²) in [6.07, 6.45) is -1.35. The summed E-state index contributed by atoms with van der Waals surface area (Å²) in [5.74, 6) is -4.05. The molecule has 0 aliphatic carbocycles. The number of aliphatic carboxylic acids is 3. The molecule has 6 N–H and O–H groups in total. The highest BCUT2D eigenvalue weighted by Gasteiger charge is 2.23. The quantitative estimate of drug-likeness (QED) is 0.386. The van der Waals surface area contributed by atoms with E-state index in [0.29, 0.717) is 0 Å². The van der Waals surface area contributed by atoms with Crippen molar-refractivity contribution in [1.29, 1.82) is 0 Å². The number of carboxylic acids is 3. The Balaban J connectivity index is 0. The van der Waals surface area contributed by atoms with Crippen molar-refractivity contribution in [3.63, 3.8) is 0 Å². The first-order chi connectivity index (χ1) is 10.2.